The van der Waals surface area contributed by atoms with Gasteiger partial charge in [0.2, 0.25) is 0 Å². The van der Waals surface area contributed by atoms with Crippen molar-refractivity contribution in [3.05, 3.63) is 71.8 Å². The Bertz CT molecular complexity index is 673. The summed E-state index contributed by atoms with van der Waals surface area (Å²) >= 11 is 1.49. The maximum atomic E-state index is 12.2. The molecule has 0 amide bonds. The summed E-state index contributed by atoms with van der Waals surface area (Å²) < 4.78 is 5.65. The van der Waals surface area contributed by atoms with E-state index in [9.17, 15) is 9.59 Å². The summed E-state index contributed by atoms with van der Waals surface area (Å²) in [5, 5.41) is 8.59. The monoisotopic (exact) mass is 372 g/mol. The van der Waals surface area contributed by atoms with E-state index >= 15 is 0 Å². The van der Waals surface area contributed by atoms with Crippen LogP contribution in [-0.4, -0.2) is 34.5 Å². The first kappa shape index (κ1) is 20.2. The first-order valence-corrected chi connectivity index (χ1v) is 9.71. The molecule has 0 bridgehead atoms. The normalized spacial score (nSPS) is 11.8. The van der Waals surface area contributed by atoms with Gasteiger partial charge >= 0.3 is 5.97 Å². The number of benzene rings is 2. The molecule has 1 unspecified atom stereocenters. The quantitative estimate of drug-likeness (QED) is 0.451. The number of thioether (sulfide) groups is 1. The molecule has 0 saturated carbocycles. The van der Waals surface area contributed by atoms with Crippen molar-refractivity contribution >= 4 is 23.5 Å². The molecule has 0 aliphatic carbocycles. The number of carbonyl (C=O) groups excluding carboxylic acids is 1. The number of carbonyl (C=O) groups is 2. The average Bonchev–Trinajstić information content (AvgIpc) is 2.65. The minimum atomic E-state index is -1.07. The van der Waals surface area contributed by atoms with Crippen LogP contribution < -0.4 is 0 Å². The lowest BCUT2D eigenvalue weighted by molar-refractivity contribution is -0.140. The van der Waals surface area contributed by atoms with Crippen molar-refractivity contribution in [1.82, 2.24) is 0 Å². The molecule has 138 valence electrons. The predicted octanol–water partition coefficient (Wildman–Crippen LogP) is 3.98. The van der Waals surface area contributed by atoms with Crippen LogP contribution in [0.25, 0.3) is 0 Å². The predicted molar refractivity (Wildman–Crippen MR) is 104 cm³/mol. The lowest BCUT2D eigenvalue weighted by atomic mass is 10.1. The zero-order valence-electron chi connectivity index (χ0n) is 14.7. The minimum absolute atomic E-state index is 0.221. The largest absolute Gasteiger partial charge is 0.481 e. The number of ketones is 1. The van der Waals surface area contributed by atoms with E-state index in [2.05, 4.69) is 0 Å². The molecular weight excluding hydrogens is 348 g/mol. The third-order valence-electron chi connectivity index (χ3n) is 3.88. The standard InChI is InChI=1S/C21H24O4S/c22-19(15-21(23)24)20(12-11-17-7-3-1-4-8-17)26-14-13-25-16-18-9-5-2-6-10-18/h1-10,20H,11-16H2,(H,23,24). The van der Waals surface area contributed by atoms with Gasteiger partial charge in [0.15, 0.2) is 5.78 Å². The van der Waals surface area contributed by atoms with Gasteiger partial charge in [0.1, 0.15) is 6.42 Å². The summed E-state index contributed by atoms with van der Waals surface area (Å²) in [4.78, 5) is 23.1. The Kier molecular flexibility index (Phi) is 8.93. The Morgan fingerprint density at radius 3 is 2.19 bits per heavy atom. The van der Waals surface area contributed by atoms with Gasteiger partial charge in [-0.25, -0.2) is 0 Å². The van der Waals surface area contributed by atoms with Crippen molar-refractivity contribution in [2.75, 3.05) is 12.4 Å². The first-order valence-electron chi connectivity index (χ1n) is 8.67. The van der Waals surface area contributed by atoms with Gasteiger partial charge in [-0.15, -0.1) is 11.8 Å². The van der Waals surface area contributed by atoms with E-state index in [-0.39, 0.29) is 11.0 Å². The van der Waals surface area contributed by atoms with Gasteiger partial charge in [0.25, 0.3) is 0 Å². The molecule has 0 fully saturated rings. The molecule has 26 heavy (non-hydrogen) atoms. The molecule has 1 N–H and O–H groups in total. The van der Waals surface area contributed by atoms with Crippen LogP contribution in [0.5, 0.6) is 0 Å². The lowest BCUT2D eigenvalue weighted by Crippen LogP contribution is -2.22. The van der Waals surface area contributed by atoms with Gasteiger partial charge in [0.05, 0.1) is 18.5 Å². The molecule has 2 aromatic rings. The van der Waals surface area contributed by atoms with Crippen molar-refractivity contribution < 1.29 is 19.4 Å². The van der Waals surface area contributed by atoms with E-state index in [1.807, 2.05) is 60.7 Å². The van der Waals surface area contributed by atoms with Crippen LogP contribution in [0.15, 0.2) is 60.7 Å². The van der Waals surface area contributed by atoms with E-state index in [1.54, 1.807) is 0 Å². The highest BCUT2D eigenvalue weighted by molar-refractivity contribution is 8.00. The van der Waals surface area contributed by atoms with Crippen LogP contribution in [0.2, 0.25) is 0 Å². The fraction of sp³-hybridized carbons (Fsp3) is 0.333. The van der Waals surface area contributed by atoms with E-state index in [0.717, 1.165) is 17.5 Å². The molecule has 1 atom stereocenters. The van der Waals surface area contributed by atoms with Crippen molar-refractivity contribution in [3.63, 3.8) is 0 Å². The van der Waals surface area contributed by atoms with Gasteiger partial charge in [-0.1, -0.05) is 60.7 Å². The summed E-state index contributed by atoms with van der Waals surface area (Å²) in [6.45, 7) is 1.07. The fourth-order valence-electron chi connectivity index (χ4n) is 2.56. The molecule has 2 rings (SSSR count). The van der Waals surface area contributed by atoms with Crippen LogP contribution in [0, 0.1) is 0 Å². The second-order valence-electron chi connectivity index (χ2n) is 5.96. The maximum Gasteiger partial charge on any atom is 0.310 e. The molecular formula is C21H24O4S. The van der Waals surface area contributed by atoms with Crippen LogP contribution in [0.3, 0.4) is 0 Å². The number of carboxylic acid groups (broad SMARTS) is 1. The van der Waals surface area contributed by atoms with Crippen molar-refractivity contribution in [2.45, 2.75) is 31.1 Å². The number of hydrogen-bond acceptors (Lipinski definition) is 4. The molecule has 0 spiro atoms. The van der Waals surface area contributed by atoms with Gasteiger partial charge in [-0.05, 0) is 24.0 Å². The molecule has 0 aliphatic heterocycles. The highest BCUT2D eigenvalue weighted by Crippen LogP contribution is 2.20. The van der Waals surface area contributed by atoms with E-state index in [1.165, 1.54) is 11.8 Å². The number of aryl methyl sites for hydroxylation is 1. The zero-order chi connectivity index (χ0) is 18.6. The number of carboxylic acids is 1. The number of Topliss-reactive ketones (excluding diaryl/α,β-unsaturated/α-hetero) is 1. The SMILES string of the molecule is O=C(O)CC(=O)C(CCc1ccccc1)SCCOCc1ccccc1. The van der Waals surface area contributed by atoms with E-state index in [4.69, 9.17) is 9.84 Å². The third-order valence-corrected chi connectivity index (χ3v) is 5.18. The van der Waals surface area contributed by atoms with Crippen molar-refractivity contribution in [1.29, 1.82) is 0 Å². The highest BCUT2D eigenvalue weighted by Gasteiger charge is 2.21. The summed E-state index contributed by atoms with van der Waals surface area (Å²) in [7, 11) is 0. The van der Waals surface area contributed by atoms with Gasteiger partial charge in [0, 0.05) is 5.75 Å². The minimum Gasteiger partial charge on any atom is -0.481 e. The maximum absolute atomic E-state index is 12.2. The third kappa shape index (κ3) is 7.85. The van der Waals surface area contributed by atoms with Crippen LogP contribution in [0.1, 0.15) is 24.0 Å². The van der Waals surface area contributed by atoms with Crippen molar-refractivity contribution in [3.8, 4) is 0 Å². The van der Waals surface area contributed by atoms with Gasteiger partial charge in [-0.3, -0.25) is 9.59 Å². The van der Waals surface area contributed by atoms with E-state index < -0.39 is 12.4 Å². The van der Waals surface area contributed by atoms with Crippen LogP contribution >= 0.6 is 11.8 Å². The molecule has 0 aromatic heterocycles. The Hall–Kier alpha value is -2.11. The molecule has 2 aromatic carbocycles. The molecule has 0 aliphatic rings. The number of aliphatic carboxylic acids is 1. The lowest BCUT2D eigenvalue weighted by Gasteiger charge is -2.15. The number of hydrogen-bond donors (Lipinski definition) is 1. The summed E-state index contributed by atoms with van der Waals surface area (Å²) in [6.07, 6.45) is 0.978. The smallest absolute Gasteiger partial charge is 0.310 e. The van der Waals surface area contributed by atoms with Crippen LogP contribution in [-0.2, 0) is 27.4 Å². The number of ether oxygens (including phenoxy) is 1. The Labute approximate surface area is 158 Å². The summed E-state index contributed by atoms with van der Waals surface area (Å²) in [5.41, 5.74) is 2.27. The summed E-state index contributed by atoms with van der Waals surface area (Å²) in [6, 6.07) is 19.8. The average molecular weight is 372 g/mol. The second kappa shape index (κ2) is 11.5. The highest BCUT2D eigenvalue weighted by atomic mass is 32.2. The Balaban J connectivity index is 1.77. The molecule has 0 heterocycles. The Morgan fingerprint density at radius 2 is 1.58 bits per heavy atom. The fourth-order valence-corrected chi connectivity index (χ4v) is 3.61. The zero-order valence-corrected chi connectivity index (χ0v) is 15.5. The van der Waals surface area contributed by atoms with Gasteiger partial charge < -0.3 is 9.84 Å². The first-order chi connectivity index (χ1) is 12.6. The van der Waals surface area contributed by atoms with Gasteiger partial charge in [-0.2, -0.15) is 0 Å². The molecule has 4 nitrogen and oxygen atoms in total. The summed E-state index contributed by atoms with van der Waals surface area (Å²) in [5.74, 6) is -0.625. The molecule has 0 radical (unpaired) electrons. The van der Waals surface area contributed by atoms with Crippen LogP contribution in [0.4, 0.5) is 0 Å². The number of rotatable bonds is 12. The van der Waals surface area contributed by atoms with Crippen molar-refractivity contribution in [2.24, 2.45) is 0 Å². The molecule has 0 saturated heterocycles. The topological polar surface area (TPSA) is 63.6 Å². The second-order valence-corrected chi connectivity index (χ2v) is 7.27. The molecule has 5 heteroatoms. The van der Waals surface area contributed by atoms with E-state index in [0.29, 0.717) is 25.4 Å². The Morgan fingerprint density at radius 1 is 0.962 bits per heavy atom.